The maximum absolute atomic E-state index is 13.2. The first-order valence-corrected chi connectivity index (χ1v) is 11.3. The lowest BCUT2D eigenvalue weighted by Gasteiger charge is -2.24. The number of hydrazine groups is 1. The van der Waals surface area contributed by atoms with Crippen LogP contribution >= 0.6 is 0 Å². The standard InChI is InChI=1S/C23H36N4O8/c1-7-9-11-15(29)25-19-21(34-5)17(23(31)27-26-16(30)12-13-32-3)20(33-4)18(22(19)35-6)24-14(28)10-8-2/h7-13H2,1-6H3,(H,24,28)(H,25,29)(H,26,30)(H,27,31). The van der Waals surface area contributed by atoms with E-state index in [0.717, 1.165) is 6.42 Å². The first-order chi connectivity index (χ1) is 16.8. The maximum atomic E-state index is 13.2. The summed E-state index contributed by atoms with van der Waals surface area (Å²) in [5.74, 6) is -2.07. The second-order valence-electron chi connectivity index (χ2n) is 7.42. The van der Waals surface area contributed by atoms with Crippen molar-refractivity contribution in [2.45, 2.75) is 52.4 Å². The predicted octanol–water partition coefficient (Wildman–Crippen LogP) is 2.38. The SMILES string of the molecule is CCCCC(=O)Nc1c(OC)c(NC(=O)CCC)c(OC)c(C(=O)NNC(=O)CCOC)c1OC. The van der Waals surface area contributed by atoms with E-state index in [-0.39, 0.29) is 71.9 Å². The summed E-state index contributed by atoms with van der Waals surface area (Å²) in [7, 11) is 5.40. The number of amides is 4. The highest BCUT2D eigenvalue weighted by Crippen LogP contribution is 2.50. The van der Waals surface area contributed by atoms with Crippen LogP contribution in [0.2, 0.25) is 0 Å². The highest BCUT2D eigenvalue weighted by molar-refractivity contribution is 6.10. The topological polar surface area (TPSA) is 153 Å². The van der Waals surface area contributed by atoms with Gasteiger partial charge >= 0.3 is 0 Å². The van der Waals surface area contributed by atoms with Crippen LogP contribution in [0.15, 0.2) is 0 Å². The van der Waals surface area contributed by atoms with Gasteiger partial charge in [-0.2, -0.15) is 0 Å². The van der Waals surface area contributed by atoms with Crippen LogP contribution < -0.4 is 35.7 Å². The number of hydrogen-bond donors (Lipinski definition) is 4. The Kier molecular flexibility index (Phi) is 13.0. The summed E-state index contributed by atoms with van der Waals surface area (Å²) in [5, 5.41) is 5.42. The van der Waals surface area contributed by atoms with Crippen molar-refractivity contribution in [2.75, 3.05) is 45.7 Å². The van der Waals surface area contributed by atoms with E-state index in [9.17, 15) is 19.2 Å². The molecule has 35 heavy (non-hydrogen) atoms. The van der Waals surface area contributed by atoms with Gasteiger partial charge in [0, 0.05) is 20.0 Å². The van der Waals surface area contributed by atoms with Crippen molar-refractivity contribution in [1.29, 1.82) is 0 Å². The van der Waals surface area contributed by atoms with Crippen LogP contribution in [0.4, 0.5) is 11.4 Å². The van der Waals surface area contributed by atoms with Gasteiger partial charge in [0.2, 0.25) is 17.7 Å². The molecule has 0 spiro atoms. The molecule has 12 nitrogen and oxygen atoms in total. The molecule has 4 amide bonds. The van der Waals surface area contributed by atoms with Crippen LogP contribution in [0.1, 0.15) is 62.7 Å². The lowest BCUT2D eigenvalue weighted by Crippen LogP contribution is -2.42. The number of anilines is 2. The van der Waals surface area contributed by atoms with E-state index in [1.54, 1.807) is 0 Å². The summed E-state index contributed by atoms with van der Waals surface area (Å²) in [6.07, 6.45) is 2.47. The molecule has 0 unspecified atom stereocenters. The van der Waals surface area contributed by atoms with Gasteiger partial charge < -0.3 is 29.6 Å². The number of carbonyl (C=O) groups excluding carboxylic acids is 4. The minimum absolute atomic E-state index is 0.0186. The zero-order valence-corrected chi connectivity index (χ0v) is 21.2. The van der Waals surface area contributed by atoms with Crippen LogP contribution in [0, 0.1) is 0 Å². The van der Waals surface area contributed by atoms with E-state index in [1.165, 1.54) is 28.4 Å². The molecule has 0 aliphatic carbocycles. The summed E-state index contributed by atoms with van der Waals surface area (Å²) in [6, 6.07) is 0. The van der Waals surface area contributed by atoms with E-state index in [1.807, 2.05) is 13.8 Å². The van der Waals surface area contributed by atoms with Gasteiger partial charge in [0.15, 0.2) is 17.2 Å². The van der Waals surface area contributed by atoms with Crippen molar-refractivity contribution < 1.29 is 38.1 Å². The third kappa shape index (κ3) is 8.32. The van der Waals surface area contributed by atoms with Gasteiger partial charge in [-0.15, -0.1) is 0 Å². The molecule has 0 saturated heterocycles. The van der Waals surface area contributed by atoms with Crippen molar-refractivity contribution in [3.8, 4) is 17.2 Å². The molecule has 0 bridgehead atoms. The molecule has 0 fully saturated rings. The molecular weight excluding hydrogens is 460 g/mol. The van der Waals surface area contributed by atoms with Gasteiger partial charge in [0.25, 0.3) is 5.91 Å². The van der Waals surface area contributed by atoms with E-state index in [2.05, 4.69) is 21.5 Å². The molecule has 0 aliphatic heterocycles. The van der Waals surface area contributed by atoms with Gasteiger partial charge in [-0.05, 0) is 12.8 Å². The number of ether oxygens (including phenoxy) is 4. The molecule has 1 aromatic carbocycles. The smallest absolute Gasteiger partial charge is 0.277 e. The Labute approximate surface area is 205 Å². The van der Waals surface area contributed by atoms with Gasteiger partial charge in [-0.25, -0.2) is 0 Å². The van der Waals surface area contributed by atoms with E-state index in [4.69, 9.17) is 18.9 Å². The molecule has 1 rings (SSSR count). The lowest BCUT2D eigenvalue weighted by molar-refractivity contribution is -0.122. The minimum Gasteiger partial charge on any atom is -0.493 e. The quantitative estimate of drug-likeness (QED) is 0.286. The summed E-state index contributed by atoms with van der Waals surface area (Å²) >= 11 is 0. The molecule has 12 heteroatoms. The van der Waals surface area contributed by atoms with Gasteiger partial charge in [-0.1, -0.05) is 20.3 Å². The van der Waals surface area contributed by atoms with Gasteiger partial charge in [0.1, 0.15) is 16.9 Å². The van der Waals surface area contributed by atoms with Crippen LogP contribution in [0.3, 0.4) is 0 Å². The minimum atomic E-state index is -0.804. The average molecular weight is 497 g/mol. The summed E-state index contributed by atoms with van der Waals surface area (Å²) < 4.78 is 21.3. The third-order valence-corrected chi connectivity index (χ3v) is 4.81. The molecule has 1 aromatic rings. The molecule has 0 aromatic heterocycles. The molecule has 0 atom stereocenters. The maximum Gasteiger partial charge on any atom is 0.277 e. The fraction of sp³-hybridized carbons (Fsp3) is 0.565. The lowest BCUT2D eigenvalue weighted by atomic mass is 10.1. The van der Waals surface area contributed by atoms with Crippen LogP contribution in [-0.2, 0) is 19.1 Å². The van der Waals surface area contributed by atoms with Crippen LogP contribution in [0.25, 0.3) is 0 Å². The Hall–Kier alpha value is -3.54. The van der Waals surface area contributed by atoms with Crippen molar-refractivity contribution in [3.05, 3.63) is 5.56 Å². The highest BCUT2D eigenvalue weighted by atomic mass is 16.5. The van der Waals surface area contributed by atoms with E-state index >= 15 is 0 Å². The van der Waals surface area contributed by atoms with Crippen molar-refractivity contribution >= 4 is 35.0 Å². The Morgan fingerprint density at radius 3 is 1.66 bits per heavy atom. The normalized spacial score (nSPS) is 10.2. The summed E-state index contributed by atoms with van der Waals surface area (Å²) in [6.45, 7) is 3.96. The molecule has 0 heterocycles. The summed E-state index contributed by atoms with van der Waals surface area (Å²) in [4.78, 5) is 50.2. The van der Waals surface area contributed by atoms with Crippen LogP contribution in [-0.4, -0.2) is 58.7 Å². The van der Waals surface area contributed by atoms with E-state index in [0.29, 0.717) is 12.8 Å². The van der Waals surface area contributed by atoms with Crippen LogP contribution in [0.5, 0.6) is 17.2 Å². The molecule has 0 saturated carbocycles. The Balaban J connectivity index is 3.65. The number of benzene rings is 1. The zero-order valence-electron chi connectivity index (χ0n) is 21.2. The Bertz CT molecular complexity index is 904. The van der Waals surface area contributed by atoms with E-state index < -0.39 is 11.8 Å². The predicted molar refractivity (Wildman–Crippen MR) is 130 cm³/mol. The fourth-order valence-corrected chi connectivity index (χ4v) is 3.14. The zero-order chi connectivity index (χ0) is 26.4. The fourth-order valence-electron chi connectivity index (χ4n) is 3.14. The Morgan fingerprint density at radius 2 is 1.20 bits per heavy atom. The first kappa shape index (κ1) is 29.5. The Morgan fingerprint density at radius 1 is 0.657 bits per heavy atom. The molecule has 0 radical (unpaired) electrons. The second-order valence-corrected chi connectivity index (χ2v) is 7.42. The second kappa shape index (κ2) is 15.4. The number of methoxy groups -OCH3 is 4. The average Bonchev–Trinajstić information content (AvgIpc) is 2.84. The monoisotopic (exact) mass is 496 g/mol. The van der Waals surface area contributed by atoms with Crippen molar-refractivity contribution in [3.63, 3.8) is 0 Å². The largest absolute Gasteiger partial charge is 0.493 e. The summed E-state index contributed by atoms with van der Waals surface area (Å²) in [5.41, 5.74) is 4.49. The number of carbonyl (C=O) groups is 4. The van der Waals surface area contributed by atoms with Gasteiger partial charge in [-0.3, -0.25) is 30.0 Å². The number of unbranched alkanes of at least 4 members (excludes halogenated alkanes) is 1. The molecule has 0 aliphatic rings. The molecule has 4 N–H and O–H groups in total. The van der Waals surface area contributed by atoms with Gasteiger partial charge in [0.05, 0.1) is 34.4 Å². The number of nitrogens with one attached hydrogen (secondary N) is 4. The van der Waals surface area contributed by atoms with Crippen molar-refractivity contribution in [2.24, 2.45) is 0 Å². The molecular formula is C23H36N4O8. The molecule has 196 valence electrons. The number of rotatable bonds is 14. The number of hydrogen-bond acceptors (Lipinski definition) is 8. The first-order valence-electron chi connectivity index (χ1n) is 11.3. The third-order valence-electron chi connectivity index (χ3n) is 4.81. The van der Waals surface area contributed by atoms with Crippen molar-refractivity contribution in [1.82, 2.24) is 10.9 Å². The highest BCUT2D eigenvalue weighted by Gasteiger charge is 2.32.